The molecule has 31 heavy (non-hydrogen) atoms. The number of thioether (sulfide) groups is 1. The molecule has 0 unspecified atom stereocenters. The van der Waals surface area contributed by atoms with Gasteiger partial charge in [0.2, 0.25) is 17.7 Å². The number of nitrogens with zero attached hydrogens (tertiary/aromatic N) is 3. The molecule has 0 saturated carbocycles. The highest BCUT2D eigenvalue weighted by atomic mass is 35.5. The Bertz CT molecular complexity index is 1040. The van der Waals surface area contributed by atoms with Gasteiger partial charge in [0.15, 0.2) is 0 Å². The van der Waals surface area contributed by atoms with Crippen LogP contribution in [-0.2, 0) is 9.59 Å². The second-order valence-electron chi connectivity index (χ2n) is 6.85. The molecule has 7 nitrogen and oxygen atoms in total. The van der Waals surface area contributed by atoms with Gasteiger partial charge >= 0.3 is 0 Å². The zero-order valence-corrected chi connectivity index (χ0v) is 18.9. The highest BCUT2D eigenvalue weighted by Gasteiger charge is 2.19. The molecule has 0 aliphatic carbocycles. The number of nitrogens with one attached hydrogen (secondary N) is 1. The number of para-hydroxylation sites is 1. The van der Waals surface area contributed by atoms with Crippen molar-refractivity contribution >= 4 is 40.9 Å². The quantitative estimate of drug-likeness (QED) is 0.469. The van der Waals surface area contributed by atoms with E-state index in [4.69, 9.17) is 16.0 Å². The number of carbonyl (C=O) groups excluding carboxylic acids is 2. The molecule has 0 atom stereocenters. The average molecular weight is 459 g/mol. The molecule has 0 radical (unpaired) electrons. The summed E-state index contributed by atoms with van der Waals surface area (Å²) in [4.78, 5) is 26.7. The number of rotatable bonds is 9. The number of benzene rings is 2. The van der Waals surface area contributed by atoms with Gasteiger partial charge in [-0.2, -0.15) is 0 Å². The molecule has 2 amide bonds. The lowest BCUT2D eigenvalue weighted by Gasteiger charge is -2.21. The van der Waals surface area contributed by atoms with Crippen LogP contribution in [0.25, 0.3) is 11.5 Å². The molecule has 0 spiro atoms. The monoisotopic (exact) mass is 458 g/mol. The fourth-order valence-electron chi connectivity index (χ4n) is 2.83. The standard InChI is InChI=1S/C22H23ClN4O3S/c1-3-12-27(13-19(28)24-18-7-5-4-6-15(18)2)20(29)14-31-22-26-25-21(30-22)16-8-10-17(23)11-9-16/h4-11H,3,12-14H2,1-2H3,(H,24,28). The average Bonchev–Trinajstić information content (AvgIpc) is 3.23. The predicted octanol–water partition coefficient (Wildman–Crippen LogP) is 4.67. The lowest BCUT2D eigenvalue weighted by molar-refractivity contribution is -0.132. The van der Waals surface area contributed by atoms with Crippen molar-refractivity contribution in [1.82, 2.24) is 15.1 Å². The molecule has 3 rings (SSSR count). The van der Waals surface area contributed by atoms with Crippen LogP contribution in [0.15, 0.2) is 58.2 Å². The smallest absolute Gasteiger partial charge is 0.277 e. The van der Waals surface area contributed by atoms with Crippen LogP contribution in [-0.4, -0.2) is 45.8 Å². The number of carbonyl (C=O) groups is 2. The van der Waals surface area contributed by atoms with Crippen LogP contribution in [0, 0.1) is 6.92 Å². The number of amides is 2. The molecule has 0 fully saturated rings. The van der Waals surface area contributed by atoms with E-state index in [1.54, 1.807) is 24.3 Å². The van der Waals surface area contributed by atoms with Crippen LogP contribution >= 0.6 is 23.4 Å². The van der Waals surface area contributed by atoms with E-state index in [1.165, 1.54) is 4.90 Å². The molecule has 2 aromatic carbocycles. The van der Waals surface area contributed by atoms with Crippen molar-refractivity contribution in [2.75, 3.05) is 24.2 Å². The SMILES string of the molecule is CCCN(CC(=O)Nc1ccccc1C)C(=O)CSc1nnc(-c2ccc(Cl)cc2)o1. The van der Waals surface area contributed by atoms with Gasteiger partial charge < -0.3 is 14.6 Å². The third-order valence-electron chi connectivity index (χ3n) is 4.42. The molecule has 1 aromatic heterocycles. The van der Waals surface area contributed by atoms with Crippen molar-refractivity contribution < 1.29 is 14.0 Å². The first kappa shape index (κ1) is 22.8. The van der Waals surface area contributed by atoms with E-state index in [0.29, 0.717) is 22.7 Å². The van der Waals surface area contributed by atoms with Crippen molar-refractivity contribution in [2.24, 2.45) is 0 Å². The van der Waals surface area contributed by atoms with Crippen molar-refractivity contribution in [1.29, 1.82) is 0 Å². The second-order valence-corrected chi connectivity index (χ2v) is 8.21. The van der Waals surface area contributed by atoms with Gasteiger partial charge in [0.05, 0.1) is 12.3 Å². The zero-order valence-electron chi connectivity index (χ0n) is 17.3. The summed E-state index contributed by atoms with van der Waals surface area (Å²) in [7, 11) is 0. The van der Waals surface area contributed by atoms with E-state index in [1.807, 2.05) is 38.1 Å². The minimum absolute atomic E-state index is 0.0125. The van der Waals surface area contributed by atoms with Crippen molar-refractivity contribution in [3.63, 3.8) is 0 Å². The van der Waals surface area contributed by atoms with Gasteiger partial charge in [0.1, 0.15) is 0 Å². The number of hydrogen-bond acceptors (Lipinski definition) is 6. The van der Waals surface area contributed by atoms with Crippen LogP contribution in [0.4, 0.5) is 5.69 Å². The first-order chi connectivity index (χ1) is 15.0. The Morgan fingerprint density at radius 3 is 2.58 bits per heavy atom. The molecular formula is C22H23ClN4O3S. The second kappa shape index (κ2) is 11.0. The van der Waals surface area contributed by atoms with Crippen LogP contribution in [0.2, 0.25) is 5.02 Å². The summed E-state index contributed by atoms with van der Waals surface area (Å²) in [5.74, 6) is 0.0523. The minimum atomic E-state index is -0.232. The third-order valence-corrected chi connectivity index (χ3v) is 5.47. The summed E-state index contributed by atoms with van der Waals surface area (Å²) in [6.07, 6.45) is 0.745. The molecule has 1 N–H and O–H groups in total. The Labute approximate surface area is 190 Å². The Hall–Kier alpha value is -2.84. The Kier molecular flexibility index (Phi) is 8.08. The van der Waals surface area contributed by atoms with Crippen molar-refractivity contribution in [3.8, 4) is 11.5 Å². The van der Waals surface area contributed by atoms with E-state index >= 15 is 0 Å². The van der Waals surface area contributed by atoms with Gasteiger partial charge in [-0.15, -0.1) is 10.2 Å². The highest BCUT2D eigenvalue weighted by Crippen LogP contribution is 2.24. The van der Waals surface area contributed by atoms with Gasteiger partial charge in [-0.25, -0.2) is 0 Å². The van der Waals surface area contributed by atoms with E-state index < -0.39 is 0 Å². The van der Waals surface area contributed by atoms with Gasteiger partial charge in [-0.3, -0.25) is 9.59 Å². The number of halogens is 1. The lowest BCUT2D eigenvalue weighted by Crippen LogP contribution is -2.39. The highest BCUT2D eigenvalue weighted by molar-refractivity contribution is 7.99. The van der Waals surface area contributed by atoms with Gasteiger partial charge in [0.25, 0.3) is 5.22 Å². The lowest BCUT2D eigenvalue weighted by atomic mass is 10.2. The zero-order chi connectivity index (χ0) is 22.2. The third kappa shape index (κ3) is 6.57. The maximum absolute atomic E-state index is 12.7. The van der Waals surface area contributed by atoms with Crippen molar-refractivity contribution in [2.45, 2.75) is 25.5 Å². The first-order valence-electron chi connectivity index (χ1n) is 9.81. The van der Waals surface area contributed by atoms with Crippen LogP contribution in [0.3, 0.4) is 0 Å². The van der Waals surface area contributed by atoms with Crippen LogP contribution in [0.1, 0.15) is 18.9 Å². The van der Waals surface area contributed by atoms with E-state index in [9.17, 15) is 9.59 Å². The van der Waals surface area contributed by atoms with E-state index in [0.717, 1.165) is 35.0 Å². The molecule has 1 heterocycles. The maximum atomic E-state index is 12.7. The number of hydrogen-bond donors (Lipinski definition) is 1. The number of aromatic nitrogens is 2. The van der Waals surface area contributed by atoms with Gasteiger partial charge in [-0.1, -0.05) is 48.5 Å². The Morgan fingerprint density at radius 2 is 1.87 bits per heavy atom. The maximum Gasteiger partial charge on any atom is 0.277 e. The predicted molar refractivity (Wildman–Crippen MR) is 122 cm³/mol. The fraction of sp³-hybridized carbons (Fsp3) is 0.273. The first-order valence-corrected chi connectivity index (χ1v) is 11.2. The summed E-state index contributed by atoms with van der Waals surface area (Å²) >= 11 is 7.04. The summed E-state index contributed by atoms with van der Waals surface area (Å²) in [5.41, 5.74) is 2.45. The number of anilines is 1. The fourth-order valence-corrected chi connectivity index (χ4v) is 3.62. The van der Waals surface area contributed by atoms with Crippen LogP contribution in [0.5, 0.6) is 0 Å². The molecule has 0 aliphatic rings. The normalized spacial score (nSPS) is 10.7. The number of aryl methyl sites for hydroxylation is 1. The molecule has 3 aromatic rings. The molecule has 9 heteroatoms. The topological polar surface area (TPSA) is 88.3 Å². The summed E-state index contributed by atoms with van der Waals surface area (Å²) in [6.45, 7) is 4.36. The Balaban J connectivity index is 1.56. The van der Waals surface area contributed by atoms with Crippen LogP contribution < -0.4 is 5.32 Å². The molecule has 0 bridgehead atoms. The Morgan fingerprint density at radius 1 is 1.13 bits per heavy atom. The van der Waals surface area contributed by atoms with E-state index in [-0.39, 0.29) is 24.1 Å². The summed E-state index contributed by atoms with van der Waals surface area (Å²) in [5, 5.41) is 11.8. The molecule has 162 valence electrons. The summed E-state index contributed by atoms with van der Waals surface area (Å²) < 4.78 is 5.62. The molecular weight excluding hydrogens is 436 g/mol. The van der Waals surface area contributed by atoms with Gasteiger partial charge in [-0.05, 0) is 49.2 Å². The largest absolute Gasteiger partial charge is 0.411 e. The molecule has 0 aliphatic heterocycles. The van der Waals surface area contributed by atoms with Gasteiger partial charge in [0, 0.05) is 22.8 Å². The summed E-state index contributed by atoms with van der Waals surface area (Å²) in [6, 6.07) is 14.6. The minimum Gasteiger partial charge on any atom is -0.411 e. The molecule has 0 saturated heterocycles. The van der Waals surface area contributed by atoms with Crippen molar-refractivity contribution in [3.05, 3.63) is 59.1 Å². The van der Waals surface area contributed by atoms with E-state index in [2.05, 4.69) is 15.5 Å².